The summed E-state index contributed by atoms with van der Waals surface area (Å²) in [5.41, 5.74) is 3.24. The second kappa shape index (κ2) is 8.29. The standard InChI is InChI=1S/C22H17N3O4S2/c1-12(19(26)24-15-8-6-13(7-9-15)21(28)29)25-20(27)18(31-22(25)30)10-14-11-23-17-5-3-2-4-16(14)17/h2-12,27H,1H3,(H,24,26)(H,28,29)/b14-10-. The fourth-order valence-electron chi connectivity index (χ4n) is 3.18. The van der Waals surface area contributed by atoms with Crippen LogP contribution in [0.1, 0.15) is 33.8 Å². The van der Waals surface area contributed by atoms with E-state index in [9.17, 15) is 14.7 Å². The minimum Gasteiger partial charge on any atom is -0.493 e. The molecule has 0 radical (unpaired) electrons. The van der Waals surface area contributed by atoms with Crippen molar-refractivity contribution < 1.29 is 19.8 Å². The second-order valence-electron chi connectivity index (χ2n) is 6.85. The van der Waals surface area contributed by atoms with Gasteiger partial charge in [-0.3, -0.25) is 14.4 Å². The Labute approximate surface area is 186 Å². The molecule has 0 bridgehead atoms. The topological polar surface area (TPSA) is 104 Å². The summed E-state index contributed by atoms with van der Waals surface area (Å²) in [5, 5.41) is 22.5. The molecule has 0 saturated carbocycles. The van der Waals surface area contributed by atoms with Gasteiger partial charge in [-0.1, -0.05) is 18.2 Å². The molecule has 4 rings (SSSR count). The number of benzene rings is 2. The Hall–Kier alpha value is -3.56. The van der Waals surface area contributed by atoms with Crippen molar-refractivity contribution in [3.63, 3.8) is 0 Å². The molecule has 0 saturated heterocycles. The minimum atomic E-state index is -1.04. The summed E-state index contributed by atoms with van der Waals surface area (Å²) in [6, 6.07) is 12.7. The van der Waals surface area contributed by atoms with E-state index in [-0.39, 0.29) is 17.4 Å². The van der Waals surface area contributed by atoms with Gasteiger partial charge in [0.15, 0.2) is 3.95 Å². The number of rotatable bonds is 5. The number of allylic oxidation sites excluding steroid dienone is 1. The van der Waals surface area contributed by atoms with Crippen molar-refractivity contribution in [1.29, 1.82) is 0 Å². The van der Waals surface area contributed by atoms with Crippen LogP contribution in [0.2, 0.25) is 0 Å². The molecule has 2 heterocycles. The normalized spacial score (nSPS) is 14.4. The van der Waals surface area contributed by atoms with E-state index in [1.54, 1.807) is 19.2 Å². The number of aromatic hydroxyl groups is 1. The number of anilines is 1. The SMILES string of the molecule is CC(C(=O)Nc1ccc(C(=O)O)cc1)n1c(O)c(/C=C2/C=Nc3ccccc32)sc1=S. The van der Waals surface area contributed by atoms with Gasteiger partial charge in [-0.2, -0.15) is 0 Å². The Bertz CT molecular complexity index is 1300. The van der Waals surface area contributed by atoms with Gasteiger partial charge in [-0.25, -0.2) is 4.79 Å². The largest absolute Gasteiger partial charge is 0.493 e. The second-order valence-corrected chi connectivity index (χ2v) is 8.52. The van der Waals surface area contributed by atoms with Gasteiger partial charge in [0.05, 0.1) is 16.1 Å². The molecule has 2 aromatic carbocycles. The van der Waals surface area contributed by atoms with Crippen LogP contribution >= 0.6 is 23.6 Å². The first kappa shape index (κ1) is 20.7. The van der Waals surface area contributed by atoms with Crippen LogP contribution in [0.4, 0.5) is 11.4 Å². The fraction of sp³-hybridized carbons (Fsp3) is 0.0909. The number of carboxylic acids is 1. The first-order chi connectivity index (χ1) is 14.8. The Morgan fingerprint density at radius 2 is 1.90 bits per heavy atom. The number of aliphatic imine (C=N–C) groups is 1. The lowest BCUT2D eigenvalue weighted by atomic mass is 10.1. The summed E-state index contributed by atoms with van der Waals surface area (Å²) in [4.78, 5) is 28.6. The summed E-state index contributed by atoms with van der Waals surface area (Å²) in [6.07, 6.45) is 3.53. The van der Waals surface area contributed by atoms with Crippen molar-refractivity contribution >= 4 is 64.7 Å². The fourth-order valence-corrected chi connectivity index (χ4v) is 4.61. The van der Waals surface area contributed by atoms with E-state index in [1.807, 2.05) is 24.3 Å². The molecule has 3 aromatic rings. The third kappa shape index (κ3) is 4.05. The maximum absolute atomic E-state index is 12.7. The third-order valence-electron chi connectivity index (χ3n) is 4.85. The number of hydrogen-bond acceptors (Lipinski definition) is 6. The maximum Gasteiger partial charge on any atom is 0.335 e. The highest BCUT2D eigenvalue weighted by molar-refractivity contribution is 7.73. The van der Waals surface area contributed by atoms with Gasteiger partial charge >= 0.3 is 5.97 Å². The molecule has 7 nitrogen and oxygen atoms in total. The lowest BCUT2D eigenvalue weighted by Crippen LogP contribution is -2.23. The van der Waals surface area contributed by atoms with Crippen LogP contribution in [0.25, 0.3) is 11.6 Å². The van der Waals surface area contributed by atoms with Crippen molar-refractivity contribution in [2.45, 2.75) is 13.0 Å². The molecule has 3 N–H and O–H groups in total. The van der Waals surface area contributed by atoms with E-state index < -0.39 is 12.0 Å². The zero-order chi connectivity index (χ0) is 22.1. The number of carboxylic acid groups (broad SMARTS) is 1. The molecule has 1 unspecified atom stereocenters. The van der Waals surface area contributed by atoms with Gasteiger partial charge in [0.2, 0.25) is 11.8 Å². The maximum atomic E-state index is 12.7. The Kier molecular flexibility index (Phi) is 5.53. The van der Waals surface area contributed by atoms with Crippen molar-refractivity contribution in [2.75, 3.05) is 5.32 Å². The van der Waals surface area contributed by atoms with Crippen LogP contribution in [0.3, 0.4) is 0 Å². The average Bonchev–Trinajstić information content (AvgIpc) is 3.28. The highest BCUT2D eigenvalue weighted by Gasteiger charge is 2.22. The molecule has 1 aliphatic heterocycles. The monoisotopic (exact) mass is 451 g/mol. The van der Waals surface area contributed by atoms with Gasteiger partial charge in [-0.15, -0.1) is 11.3 Å². The van der Waals surface area contributed by atoms with Gasteiger partial charge < -0.3 is 15.5 Å². The van der Waals surface area contributed by atoms with Gasteiger partial charge in [0.25, 0.3) is 0 Å². The summed E-state index contributed by atoms with van der Waals surface area (Å²) >= 11 is 6.60. The number of aromatic carboxylic acids is 1. The summed E-state index contributed by atoms with van der Waals surface area (Å²) < 4.78 is 1.75. The van der Waals surface area contributed by atoms with Gasteiger partial charge in [-0.05, 0) is 55.5 Å². The van der Waals surface area contributed by atoms with Crippen LogP contribution in [0, 0.1) is 3.95 Å². The molecule has 1 amide bonds. The van der Waals surface area contributed by atoms with Crippen LogP contribution in [0.5, 0.6) is 5.88 Å². The molecule has 0 spiro atoms. The number of fused-ring (bicyclic) bond motifs is 1. The van der Waals surface area contributed by atoms with E-state index in [0.29, 0.717) is 14.5 Å². The summed E-state index contributed by atoms with van der Waals surface area (Å²) in [5.74, 6) is -1.53. The number of para-hydroxylation sites is 1. The summed E-state index contributed by atoms with van der Waals surface area (Å²) in [6.45, 7) is 1.63. The third-order valence-corrected chi connectivity index (χ3v) is 6.19. The predicted octanol–water partition coefficient (Wildman–Crippen LogP) is 5.14. The smallest absolute Gasteiger partial charge is 0.335 e. The highest BCUT2D eigenvalue weighted by Crippen LogP contribution is 2.37. The number of hydrogen-bond donors (Lipinski definition) is 3. The lowest BCUT2D eigenvalue weighted by molar-refractivity contribution is -0.118. The van der Waals surface area contributed by atoms with Crippen molar-refractivity contribution in [1.82, 2.24) is 4.57 Å². The van der Waals surface area contributed by atoms with Crippen LogP contribution in [-0.2, 0) is 4.79 Å². The minimum absolute atomic E-state index is 0.0934. The number of amides is 1. The molecule has 1 aromatic heterocycles. The number of nitrogens with one attached hydrogen (secondary N) is 1. The molecule has 9 heteroatoms. The molecular weight excluding hydrogens is 434 g/mol. The van der Waals surface area contributed by atoms with E-state index >= 15 is 0 Å². The average molecular weight is 452 g/mol. The zero-order valence-electron chi connectivity index (χ0n) is 16.3. The lowest BCUT2D eigenvalue weighted by Gasteiger charge is -2.15. The van der Waals surface area contributed by atoms with Crippen LogP contribution in [0.15, 0.2) is 53.5 Å². The van der Waals surface area contributed by atoms with Crippen LogP contribution < -0.4 is 5.32 Å². The van der Waals surface area contributed by atoms with Gasteiger partial charge in [0, 0.05) is 23.0 Å². The number of thiazole rings is 1. The number of carbonyl (C=O) groups excluding carboxylic acids is 1. The molecule has 1 atom stereocenters. The van der Waals surface area contributed by atoms with Crippen LogP contribution in [-0.4, -0.2) is 32.9 Å². The first-order valence-electron chi connectivity index (χ1n) is 9.29. The zero-order valence-corrected chi connectivity index (χ0v) is 17.9. The molecule has 0 aliphatic carbocycles. The Morgan fingerprint density at radius 3 is 2.61 bits per heavy atom. The predicted molar refractivity (Wildman–Crippen MR) is 124 cm³/mol. The summed E-state index contributed by atoms with van der Waals surface area (Å²) in [7, 11) is 0. The first-order valence-corrected chi connectivity index (χ1v) is 10.5. The molecule has 156 valence electrons. The van der Waals surface area contributed by atoms with E-state index in [0.717, 1.165) is 16.8 Å². The van der Waals surface area contributed by atoms with Crippen molar-refractivity contribution in [3.05, 3.63) is 68.5 Å². The highest BCUT2D eigenvalue weighted by atomic mass is 32.1. The molecular formula is C22H17N3O4S2. The van der Waals surface area contributed by atoms with Crippen molar-refractivity contribution in [3.8, 4) is 5.88 Å². The molecule has 1 aliphatic rings. The molecule has 31 heavy (non-hydrogen) atoms. The molecule has 0 fully saturated rings. The quantitative estimate of drug-likeness (QED) is 0.466. The van der Waals surface area contributed by atoms with Gasteiger partial charge in [0.1, 0.15) is 6.04 Å². The Morgan fingerprint density at radius 1 is 1.19 bits per heavy atom. The van der Waals surface area contributed by atoms with E-state index in [4.69, 9.17) is 17.3 Å². The van der Waals surface area contributed by atoms with E-state index in [2.05, 4.69) is 10.3 Å². The number of carbonyl (C=O) groups is 2. The number of nitrogens with zero attached hydrogens (tertiary/aromatic N) is 2. The Balaban J connectivity index is 1.58. The number of aromatic nitrogens is 1. The van der Waals surface area contributed by atoms with Crippen molar-refractivity contribution in [2.24, 2.45) is 4.99 Å². The van der Waals surface area contributed by atoms with E-state index in [1.165, 1.54) is 40.2 Å².